The highest BCUT2D eigenvalue weighted by molar-refractivity contribution is 5.41. The number of rotatable bonds is 2. The van der Waals surface area contributed by atoms with Crippen LogP contribution in [0.4, 0.5) is 0 Å². The summed E-state index contributed by atoms with van der Waals surface area (Å²) in [5.41, 5.74) is 0.915. The maximum atomic E-state index is 10.2. The third-order valence-electron chi connectivity index (χ3n) is 3.65. The van der Waals surface area contributed by atoms with Gasteiger partial charge in [0.15, 0.2) is 0 Å². The van der Waals surface area contributed by atoms with Crippen LogP contribution in [0.1, 0.15) is 32.4 Å². The quantitative estimate of drug-likeness (QED) is 0.765. The molecule has 106 valence electrons. The van der Waals surface area contributed by atoms with Crippen LogP contribution in [0.15, 0.2) is 18.2 Å². The molecular weight excluding hydrogens is 240 g/mol. The van der Waals surface area contributed by atoms with Crippen LogP contribution in [0.2, 0.25) is 0 Å². The normalized spacial score (nSPS) is 19.3. The van der Waals surface area contributed by atoms with Gasteiger partial charge in [0.2, 0.25) is 0 Å². The van der Waals surface area contributed by atoms with Crippen molar-refractivity contribution in [3.05, 3.63) is 23.8 Å². The van der Waals surface area contributed by atoms with Gasteiger partial charge in [0, 0.05) is 43.9 Å². The second-order valence-corrected chi connectivity index (χ2v) is 6.30. The lowest BCUT2D eigenvalue weighted by Crippen LogP contribution is -2.48. The molecule has 0 amide bonds. The monoisotopic (exact) mass is 264 g/mol. The van der Waals surface area contributed by atoms with Crippen LogP contribution in [0.3, 0.4) is 0 Å². The third kappa shape index (κ3) is 3.19. The Morgan fingerprint density at radius 2 is 1.79 bits per heavy atom. The molecule has 2 rings (SSSR count). The minimum atomic E-state index is 0.0196. The number of benzene rings is 1. The second kappa shape index (κ2) is 5.39. The van der Waals surface area contributed by atoms with Gasteiger partial charge in [0.1, 0.15) is 11.5 Å². The highest BCUT2D eigenvalue weighted by Gasteiger charge is 2.34. The molecule has 4 heteroatoms. The molecule has 1 aromatic rings. The van der Waals surface area contributed by atoms with Gasteiger partial charge in [-0.1, -0.05) is 26.8 Å². The van der Waals surface area contributed by atoms with Gasteiger partial charge >= 0.3 is 0 Å². The summed E-state index contributed by atoms with van der Waals surface area (Å²) in [6.45, 7) is 10.5. The van der Waals surface area contributed by atoms with Gasteiger partial charge in [-0.25, -0.2) is 0 Å². The molecule has 1 aromatic carbocycles. The van der Waals surface area contributed by atoms with Crippen LogP contribution in [0.5, 0.6) is 11.5 Å². The minimum absolute atomic E-state index is 0.0196. The molecule has 1 aliphatic heterocycles. The van der Waals surface area contributed by atoms with E-state index in [1.165, 1.54) is 6.07 Å². The molecule has 0 saturated carbocycles. The summed E-state index contributed by atoms with van der Waals surface area (Å²) in [5.74, 6) is 0.285. The molecular formula is C15H24N2O2. The van der Waals surface area contributed by atoms with Crippen molar-refractivity contribution in [2.75, 3.05) is 26.2 Å². The van der Waals surface area contributed by atoms with E-state index in [0.717, 1.165) is 31.7 Å². The summed E-state index contributed by atoms with van der Waals surface area (Å²) in [5, 5.41) is 23.0. The van der Waals surface area contributed by atoms with Crippen LogP contribution in [-0.2, 0) is 0 Å². The van der Waals surface area contributed by atoms with Crippen molar-refractivity contribution in [3.8, 4) is 11.5 Å². The zero-order valence-corrected chi connectivity index (χ0v) is 12.0. The Hall–Kier alpha value is -1.26. The summed E-state index contributed by atoms with van der Waals surface area (Å²) < 4.78 is 0. The van der Waals surface area contributed by atoms with Crippen LogP contribution in [0.25, 0.3) is 0 Å². The molecule has 0 bridgehead atoms. The Morgan fingerprint density at radius 1 is 1.16 bits per heavy atom. The maximum absolute atomic E-state index is 10.2. The highest BCUT2D eigenvalue weighted by Crippen LogP contribution is 2.42. The standard InChI is InChI=1S/C15H24N2O2/c1-15(2,3)14(17-8-6-16-7-9-17)12-5-4-11(18)10-13(12)19/h4-5,10,14,16,18-19H,6-9H2,1-3H3/t14-/m0/s1. The summed E-state index contributed by atoms with van der Waals surface area (Å²) in [6.07, 6.45) is 0. The van der Waals surface area contributed by atoms with E-state index in [1.807, 2.05) is 6.07 Å². The Labute approximate surface area is 115 Å². The van der Waals surface area contributed by atoms with Gasteiger partial charge < -0.3 is 15.5 Å². The predicted molar refractivity (Wildman–Crippen MR) is 76.4 cm³/mol. The van der Waals surface area contributed by atoms with Crippen LogP contribution >= 0.6 is 0 Å². The molecule has 0 spiro atoms. The fourth-order valence-corrected chi connectivity index (χ4v) is 2.91. The van der Waals surface area contributed by atoms with Crippen LogP contribution < -0.4 is 5.32 Å². The first kappa shape index (κ1) is 14.2. The second-order valence-electron chi connectivity index (χ2n) is 6.30. The van der Waals surface area contributed by atoms with Crippen molar-refractivity contribution in [2.24, 2.45) is 5.41 Å². The van der Waals surface area contributed by atoms with Crippen molar-refractivity contribution in [1.29, 1.82) is 0 Å². The number of nitrogens with zero attached hydrogens (tertiary/aromatic N) is 1. The molecule has 1 heterocycles. The number of nitrogens with one attached hydrogen (secondary N) is 1. The summed E-state index contributed by atoms with van der Waals surface area (Å²) in [4.78, 5) is 2.41. The van der Waals surface area contributed by atoms with Gasteiger partial charge in [-0.15, -0.1) is 0 Å². The fourth-order valence-electron chi connectivity index (χ4n) is 2.91. The zero-order valence-electron chi connectivity index (χ0n) is 12.0. The number of aromatic hydroxyl groups is 2. The van der Waals surface area contributed by atoms with Crippen molar-refractivity contribution >= 4 is 0 Å². The van der Waals surface area contributed by atoms with E-state index in [-0.39, 0.29) is 23.0 Å². The molecule has 0 unspecified atom stereocenters. The summed E-state index contributed by atoms with van der Waals surface area (Å²) in [7, 11) is 0. The molecule has 19 heavy (non-hydrogen) atoms. The number of phenolic OH excluding ortho intramolecular Hbond substituents is 2. The van der Waals surface area contributed by atoms with E-state index in [4.69, 9.17) is 0 Å². The Balaban J connectivity index is 2.36. The lowest BCUT2D eigenvalue weighted by Gasteiger charge is -2.42. The zero-order chi connectivity index (χ0) is 14.0. The number of piperazine rings is 1. The first-order valence-corrected chi connectivity index (χ1v) is 6.86. The molecule has 0 aliphatic carbocycles. The third-order valence-corrected chi connectivity index (χ3v) is 3.65. The van der Waals surface area contributed by atoms with Crippen molar-refractivity contribution in [3.63, 3.8) is 0 Å². The highest BCUT2D eigenvalue weighted by atomic mass is 16.3. The van der Waals surface area contributed by atoms with E-state index < -0.39 is 0 Å². The smallest absolute Gasteiger partial charge is 0.124 e. The Bertz CT molecular complexity index is 434. The van der Waals surface area contributed by atoms with Gasteiger partial charge in [0.05, 0.1) is 0 Å². The van der Waals surface area contributed by atoms with E-state index >= 15 is 0 Å². The number of phenols is 2. The van der Waals surface area contributed by atoms with Gasteiger partial charge in [0.25, 0.3) is 0 Å². The van der Waals surface area contributed by atoms with Gasteiger partial charge in [-0.05, 0) is 11.5 Å². The minimum Gasteiger partial charge on any atom is -0.508 e. The first-order valence-electron chi connectivity index (χ1n) is 6.86. The fraction of sp³-hybridized carbons (Fsp3) is 0.600. The summed E-state index contributed by atoms with van der Waals surface area (Å²) in [6, 6.07) is 5.06. The lowest BCUT2D eigenvalue weighted by atomic mass is 9.80. The number of hydrogen-bond acceptors (Lipinski definition) is 4. The first-order chi connectivity index (χ1) is 8.89. The molecule has 0 radical (unpaired) electrons. The van der Waals surface area contributed by atoms with E-state index in [1.54, 1.807) is 6.07 Å². The number of hydrogen-bond donors (Lipinski definition) is 3. The van der Waals surface area contributed by atoms with Crippen molar-refractivity contribution in [2.45, 2.75) is 26.8 Å². The molecule has 3 N–H and O–H groups in total. The van der Waals surface area contributed by atoms with E-state index in [9.17, 15) is 10.2 Å². The lowest BCUT2D eigenvalue weighted by molar-refractivity contribution is 0.0842. The molecule has 1 saturated heterocycles. The maximum Gasteiger partial charge on any atom is 0.124 e. The average molecular weight is 264 g/mol. The molecule has 1 fully saturated rings. The molecule has 4 nitrogen and oxygen atoms in total. The Kier molecular flexibility index (Phi) is 4.02. The van der Waals surface area contributed by atoms with Gasteiger partial charge in [-0.2, -0.15) is 0 Å². The van der Waals surface area contributed by atoms with Gasteiger partial charge in [-0.3, -0.25) is 4.90 Å². The van der Waals surface area contributed by atoms with Crippen molar-refractivity contribution in [1.82, 2.24) is 10.2 Å². The molecule has 1 atom stereocenters. The van der Waals surface area contributed by atoms with Crippen LogP contribution in [-0.4, -0.2) is 41.3 Å². The predicted octanol–water partition coefficient (Wildman–Crippen LogP) is 2.09. The Morgan fingerprint density at radius 3 is 2.32 bits per heavy atom. The van der Waals surface area contributed by atoms with Crippen molar-refractivity contribution < 1.29 is 10.2 Å². The molecule has 1 aliphatic rings. The summed E-state index contributed by atoms with van der Waals surface area (Å²) >= 11 is 0. The largest absolute Gasteiger partial charge is 0.508 e. The molecule has 0 aromatic heterocycles. The van der Waals surface area contributed by atoms with E-state index in [0.29, 0.717) is 0 Å². The van der Waals surface area contributed by atoms with Crippen LogP contribution in [0, 0.1) is 5.41 Å². The SMILES string of the molecule is CC(C)(C)[C@H](c1ccc(O)cc1O)N1CCNCC1. The average Bonchev–Trinajstić information content (AvgIpc) is 2.32. The van der Waals surface area contributed by atoms with E-state index in [2.05, 4.69) is 31.0 Å². The topological polar surface area (TPSA) is 55.7 Å².